The minimum Gasteiger partial charge on any atom is -0.394 e. The molecule has 11 nitrogen and oxygen atoms in total. The van der Waals surface area contributed by atoms with E-state index in [1.807, 2.05) is 0 Å². The quantitative estimate of drug-likeness (QED) is 0.0215. The summed E-state index contributed by atoms with van der Waals surface area (Å²) in [6.45, 7) is 3.50. The molecular formula is C66H127NO10. The second kappa shape index (κ2) is 55.1. The summed E-state index contributed by atoms with van der Waals surface area (Å²) < 4.78 is 11.2. The van der Waals surface area contributed by atoms with Gasteiger partial charge in [-0.1, -0.05) is 301 Å². The molecule has 0 bridgehead atoms. The standard InChI is InChI=1S/C66H127NO10/c1-3-5-7-9-11-13-15-17-19-21-23-24-25-26-27-28-29-30-31-32-33-34-35-36-38-40-42-44-46-48-50-52-54-59(70)65(75)67-57(56-76-66-64(74)63(73)62(72)60(55-68)77-66)61(71)58(69)53-51-49-47-45-43-41-39-37-22-20-18-16-14-12-10-8-6-4-2/h23-24,26-27,57-64,66,68-74H,3-22,25,28-56H2,1-2H3,(H,67,75)/b24-23-,27-26-. The van der Waals surface area contributed by atoms with Crippen LogP contribution in [0.5, 0.6) is 0 Å². The first-order valence-corrected chi connectivity index (χ1v) is 33.2. The maximum Gasteiger partial charge on any atom is 0.249 e. The summed E-state index contributed by atoms with van der Waals surface area (Å²) >= 11 is 0. The number of allylic oxidation sites excluding steroid dienone is 4. The number of ether oxygens (including phenoxy) is 2. The second-order valence-electron chi connectivity index (χ2n) is 23.5. The Hall–Kier alpha value is -1.41. The molecule has 0 aromatic rings. The average Bonchev–Trinajstić information content (AvgIpc) is 3.43. The van der Waals surface area contributed by atoms with Gasteiger partial charge in [0.2, 0.25) is 5.91 Å². The molecule has 1 aliphatic rings. The summed E-state index contributed by atoms with van der Waals surface area (Å²) in [5.74, 6) is -0.691. The van der Waals surface area contributed by atoms with E-state index in [1.165, 1.54) is 238 Å². The zero-order chi connectivity index (χ0) is 56.1. The lowest BCUT2D eigenvalue weighted by molar-refractivity contribution is -0.303. The second-order valence-corrected chi connectivity index (χ2v) is 23.5. The average molecular weight is 1090 g/mol. The van der Waals surface area contributed by atoms with Crippen molar-refractivity contribution in [1.82, 2.24) is 5.32 Å². The van der Waals surface area contributed by atoms with Crippen molar-refractivity contribution in [2.45, 2.75) is 377 Å². The third-order valence-electron chi connectivity index (χ3n) is 16.3. The molecule has 11 heteroatoms. The van der Waals surface area contributed by atoms with Crippen LogP contribution in [0.25, 0.3) is 0 Å². The molecule has 0 aliphatic carbocycles. The summed E-state index contributed by atoms with van der Waals surface area (Å²) in [4.78, 5) is 13.2. The molecule has 9 atom stereocenters. The van der Waals surface area contributed by atoms with Crippen molar-refractivity contribution < 1.29 is 50.0 Å². The Balaban J connectivity index is 2.19. The normalized spacial score (nSPS) is 19.6. The van der Waals surface area contributed by atoms with Gasteiger partial charge in [0.15, 0.2) is 6.29 Å². The van der Waals surface area contributed by atoms with Crippen LogP contribution in [0.2, 0.25) is 0 Å². The highest BCUT2D eigenvalue weighted by Gasteiger charge is 2.44. The Kier molecular flexibility index (Phi) is 52.7. The minimum absolute atomic E-state index is 0.263. The van der Waals surface area contributed by atoms with Crippen LogP contribution in [-0.2, 0) is 14.3 Å². The van der Waals surface area contributed by atoms with Crippen LogP contribution in [0.3, 0.4) is 0 Å². The van der Waals surface area contributed by atoms with Crippen molar-refractivity contribution in [2.75, 3.05) is 13.2 Å². The molecule has 1 heterocycles. The maximum atomic E-state index is 13.2. The van der Waals surface area contributed by atoms with Crippen LogP contribution in [0, 0.1) is 0 Å². The summed E-state index contributed by atoms with van der Waals surface area (Å²) in [6.07, 6.45) is 56.8. The number of unbranched alkanes of at least 4 members (excludes halogenated alkanes) is 42. The van der Waals surface area contributed by atoms with Gasteiger partial charge in [-0.25, -0.2) is 0 Å². The highest BCUT2D eigenvalue weighted by atomic mass is 16.7. The van der Waals surface area contributed by atoms with Gasteiger partial charge in [-0.2, -0.15) is 0 Å². The maximum absolute atomic E-state index is 13.2. The SMILES string of the molecule is CCCCCCCCCCC/C=C\C/C=C\CCCCCCCCCCCCCCCCCCC(O)C(=O)NC(COC1OC(CO)C(O)C(O)C1O)C(O)C(O)CCCCCCCCCCCCCCCCCCCC. The van der Waals surface area contributed by atoms with Crippen LogP contribution < -0.4 is 5.32 Å². The molecule has 1 amide bonds. The highest BCUT2D eigenvalue weighted by molar-refractivity contribution is 5.80. The number of hydrogen-bond acceptors (Lipinski definition) is 10. The number of amides is 1. The summed E-state index contributed by atoms with van der Waals surface area (Å²) in [5.41, 5.74) is 0. The molecule has 1 aliphatic heterocycles. The molecule has 1 fully saturated rings. The van der Waals surface area contributed by atoms with Crippen molar-refractivity contribution in [3.05, 3.63) is 24.3 Å². The topological polar surface area (TPSA) is 189 Å². The van der Waals surface area contributed by atoms with E-state index in [2.05, 4.69) is 43.5 Å². The van der Waals surface area contributed by atoms with E-state index >= 15 is 0 Å². The summed E-state index contributed by atoms with van der Waals surface area (Å²) in [6, 6.07) is -1.17. The molecule has 0 radical (unpaired) electrons. The molecule has 9 unspecified atom stereocenters. The van der Waals surface area contributed by atoms with Crippen LogP contribution >= 0.6 is 0 Å². The van der Waals surface area contributed by atoms with Gasteiger partial charge in [-0.15, -0.1) is 0 Å². The van der Waals surface area contributed by atoms with Crippen molar-refractivity contribution >= 4 is 5.91 Å². The van der Waals surface area contributed by atoms with Gasteiger partial charge in [0.05, 0.1) is 25.4 Å². The molecule has 456 valence electrons. The van der Waals surface area contributed by atoms with Gasteiger partial charge in [0.25, 0.3) is 0 Å². The fourth-order valence-corrected chi connectivity index (χ4v) is 10.9. The Morgan fingerprint density at radius 3 is 1.16 bits per heavy atom. The van der Waals surface area contributed by atoms with E-state index in [0.29, 0.717) is 19.3 Å². The highest BCUT2D eigenvalue weighted by Crippen LogP contribution is 2.24. The lowest BCUT2D eigenvalue weighted by Gasteiger charge is -2.40. The third-order valence-corrected chi connectivity index (χ3v) is 16.3. The number of aliphatic hydroxyl groups excluding tert-OH is 7. The molecule has 8 N–H and O–H groups in total. The number of aliphatic hydroxyl groups is 7. The van der Waals surface area contributed by atoms with Gasteiger partial charge in [-0.05, 0) is 44.9 Å². The van der Waals surface area contributed by atoms with E-state index < -0.39 is 74.2 Å². The molecule has 1 rings (SSSR count). The fourth-order valence-electron chi connectivity index (χ4n) is 10.9. The first-order chi connectivity index (χ1) is 37.7. The van der Waals surface area contributed by atoms with E-state index in [-0.39, 0.29) is 6.42 Å². The minimum atomic E-state index is -1.66. The van der Waals surface area contributed by atoms with Crippen LogP contribution in [0.15, 0.2) is 24.3 Å². The Morgan fingerprint density at radius 2 is 0.792 bits per heavy atom. The first-order valence-electron chi connectivity index (χ1n) is 33.2. The van der Waals surface area contributed by atoms with E-state index in [1.54, 1.807) is 0 Å². The summed E-state index contributed by atoms with van der Waals surface area (Å²) in [5, 5.41) is 76.4. The largest absolute Gasteiger partial charge is 0.394 e. The van der Waals surface area contributed by atoms with Gasteiger partial charge in [0, 0.05) is 0 Å². The Labute approximate surface area is 474 Å². The van der Waals surface area contributed by atoms with Crippen molar-refractivity contribution in [2.24, 2.45) is 0 Å². The van der Waals surface area contributed by atoms with Crippen molar-refractivity contribution in [1.29, 1.82) is 0 Å². The lowest BCUT2D eigenvalue weighted by atomic mass is 9.98. The van der Waals surface area contributed by atoms with Crippen LogP contribution in [0.1, 0.15) is 322 Å². The first kappa shape index (κ1) is 73.6. The summed E-state index contributed by atoms with van der Waals surface area (Å²) in [7, 11) is 0. The lowest BCUT2D eigenvalue weighted by Crippen LogP contribution is -2.60. The van der Waals surface area contributed by atoms with Crippen molar-refractivity contribution in [3.8, 4) is 0 Å². The number of hydrogen-bond donors (Lipinski definition) is 8. The molecule has 0 aromatic carbocycles. The van der Waals surface area contributed by atoms with Crippen LogP contribution in [0.4, 0.5) is 0 Å². The fraction of sp³-hybridized carbons (Fsp3) is 0.924. The van der Waals surface area contributed by atoms with Gasteiger partial charge in [-0.3, -0.25) is 4.79 Å². The van der Waals surface area contributed by atoms with Gasteiger partial charge >= 0.3 is 0 Å². The molecule has 0 aromatic heterocycles. The number of carbonyl (C=O) groups excluding carboxylic acids is 1. The Morgan fingerprint density at radius 1 is 0.455 bits per heavy atom. The Bertz CT molecular complexity index is 1300. The predicted molar refractivity (Wildman–Crippen MR) is 321 cm³/mol. The monoisotopic (exact) mass is 1090 g/mol. The van der Waals surface area contributed by atoms with Crippen LogP contribution in [-0.4, -0.2) is 110 Å². The van der Waals surface area contributed by atoms with E-state index in [9.17, 15) is 40.5 Å². The number of rotatable bonds is 58. The molecule has 0 spiro atoms. The number of carbonyl (C=O) groups is 1. The molecule has 0 saturated carbocycles. The molecule has 1 saturated heterocycles. The smallest absolute Gasteiger partial charge is 0.249 e. The van der Waals surface area contributed by atoms with E-state index in [0.717, 1.165) is 44.9 Å². The number of nitrogens with one attached hydrogen (secondary N) is 1. The van der Waals surface area contributed by atoms with Gasteiger partial charge in [0.1, 0.15) is 36.6 Å². The molecular weight excluding hydrogens is 967 g/mol. The zero-order valence-electron chi connectivity index (χ0n) is 50.2. The third kappa shape index (κ3) is 43.0. The van der Waals surface area contributed by atoms with E-state index in [4.69, 9.17) is 9.47 Å². The predicted octanol–water partition coefficient (Wildman–Crippen LogP) is 15.2. The zero-order valence-corrected chi connectivity index (χ0v) is 50.2. The van der Waals surface area contributed by atoms with Gasteiger partial charge < -0.3 is 50.5 Å². The molecule has 77 heavy (non-hydrogen) atoms. The van der Waals surface area contributed by atoms with Crippen molar-refractivity contribution in [3.63, 3.8) is 0 Å².